The Morgan fingerprint density at radius 1 is 1.00 bits per heavy atom. The predicted molar refractivity (Wildman–Crippen MR) is 122 cm³/mol. The second-order valence-corrected chi connectivity index (χ2v) is 8.30. The van der Waals surface area contributed by atoms with E-state index in [-0.39, 0.29) is 12.4 Å². The second-order valence-electron chi connectivity index (χ2n) is 8.30. The Labute approximate surface area is 186 Å². The van der Waals surface area contributed by atoms with E-state index >= 15 is 0 Å². The van der Waals surface area contributed by atoms with Gasteiger partial charge in [-0.1, -0.05) is 23.4 Å². The van der Waals surface area contributed by atoms with Crippen molar-refractivity contribution in [3.63, 3.8) is 0 Å². The average molecular weight is 435 g/mol. The lowest BCUT2D eigenvalue weighted by Gasteiger charge is -2.34. The molecule has 1 fully saturated rings. The van der Waals surface area contributed by atoms with E-state index in [0.29, 0.717) is 11.7 Å². The number of furan rings is 1. The van der Waals surface area contributed by atoms with Gasteiger partial charge in [-0.05, 0) is 73.9 Å². The number of allylic oxidation sites excluding steroid dienone is 1. The normalized spacial score (nSPS) is 18.4. The van der Waals surface area contributed by atoms with E-state index in [1.807, 2.05) is 30.3 Å². The fraction of sp³-hybridized carbons (Fsp3) is 0.292. The van der Waals surface area contributed by atoms with Crippen LogP contribution in [0, 0.1) is 0 Å². The Kier molecular flexibility index (Phi) is 4.91. The van der Waals surface area contributed by atoms with Crippen molar-refractivity contribution in [1.29, 1.82) is 0 Å². The zero-order valence-electron chi connectivity index (χ0n) is 17.0. The third-order valence-electron chi connectivity index (χ3n) is 6.36. The van der Waals surface area contributed by atoms with E-state index in [0.717, 1.165) is 72.0 Å². The highest BCUT2D eigenvalue weighted by Crippen LogP contribution is 2.42. The number of pyridine rings is 1. The van der Waals surface area contributed by atoms with Gasteiger partial charge in [0.05, 0.1) is 28.6 Å². The monoisotopic (exact) mass is 434 g/mol. The van der Waals surface area contributed by atoms with Crippen molar-refractivity contribution < 1.29 is 8.94 Å². The fourth-order valence-corrected chi connectivity index (χ4v) is 4.57. The van der Waals surface area contributed by atoms with Crippen LogP contribution < -0.4 is 5.73 Å². The van der Waals surface area contributed by atoms with Crippen LogP contribution in [0.5, 0.6) is 0 Å². The highest BCUT2D eigenvalue weighted by atomic mass is 35.5. The molecule has 158 valence electrons. The number of nitrogens with two attached hydrogens (primary N) is 1. The highest BCUT2D eigenvalue weighted by Gasteiger charge is 2.39. The quantitative estimate of drug-likeness (QED) is 0.456. The first-order valence-electron chi connectivity index (χ1n) is 10.5. The van der Waals surface area contributed by atoms with Crippen LogP contribution in [-0.4, -0.2) is 15.1 Å². The van der Waals surface area contributed by atoms with Gasteiger partial charge in [-0.15, -0.1) is 12.4 Å². The van der Waals surface area contributed by atoms with Crippen LogP contribution in [0.1, 0.15) is 54.9 Å². The molecule has 2 N–H and O–H groups in total. The van der Waals surface area contributed by atoms with E-state index in [9.17, 15) is 0 Å². The number of halogens is 1. The van der Waals surface area contributed by atoms with Crippen molar-refractivity contribution in [2.45, 2.75) is 44.1 Å². The summed E-state index contributed by atoms with van der Waals surface area (Å²) in [6.07, 6.45) is 9.60. The van der Waals surface area contributed by atoms with Crippen molar-refractivity contribution in [3.05, 3.63) is 65.5 Å². The number of nitrogens with zero attached hydrogens (tertiary/aromatic N) is 3. The van der Waals surface area contributed by atoms with Gasteiger partial charge in [-0.3, -0.25) is 0 Å². The van der Waals surface area contributed by atoms with Gasteiger partial charge in [0, 0.05) is 5.39 Å². The van der Waals surface area contributed by atoms with Crippen LogP contribution in [0.4, 0.5) is 0 Å². The molecule has 0 atom stereocenters. The van der Waals surface area contributed by atoms with Crippen molar-refractivity contribution in [2.75, 3.05) is 0 Å². The molecule has 0 spiro atoms. The summed E-state index contributed by atoms with van der Waals surface area (Å²) in [5.41, 5.74) is 11.2. The standard InChI is InChI=1S/C24H22N4O2.ClH/c25-24(11-5-12-24)23-27-22(30-28-23)20-17-8-1-2-10-19(17)26-21-15(6-3-9-18(20)21)14-16-7-4-13-29-16;/h1-2,4,7-8,10,13-14H,3,5-6,9,11-12,25H2;1H/b15-14-;. The summed E-state index contributed by atoms with van der Waals surface area (Å²) in [6.45, 7) is 0. The molecule has 0 amide bonds. The van der Waals surface area contributed by atoms with Crippen LogP contribution >= 0.6 is 12.4 Å². The van der Waals surface area contributed by atoms with E-state index < -0.39 is 5.54 Å². The molecule has 1 aromatic carbocycles. The molecule has 7 heteroatoms. The van der Waals surface area contributed by atoms with Gasteiger partial charge in [-0.2, -0.15) is 4.98 Å². The summed E-state index contributed by atoms with van der Waals surface area (Å²) in [6, 6.07) is 12.0. The number of benzene rings is 1. The summed E-state index contributed by atoms with van der Waals surface area (Å²) in [7, 11) is 0. The molecule has 3 aromatic heterocycles. The summed E-state index contributed by atoms with van der Waals surface area (Å²) < 4.78 is 11.3. The number of hydrogen-bond acceptors (Lipinski definition) is 6. The molecule has 2 aliphatic rings. The summed E-state index contributed by atoms with van der Waals surface area (Å²) in [4.78, 5) is 9.79. The molecule has 0 radical (unpaired) electrons. The molecule has 0 saturated heterocycles. The lowest BCUT2D eigenvalue weighted by molar-refractivity contribution is 0.229. The molecule has 1 saturated carbocycles. The van der Waals surface area contributed by atoms with Crippen LogP contribution in [0.15, 0.2) is 51.6 Å². The molecule has 0 bridgehead atoms. The van der Waals surface area contributed by atoms with E-state index in [1.54, 1.807) is 6.26 Å². The second kappa shape index (κ2) is 7.62. The average Bonchev–Trinajstić information content (AvgIpc) is 3.43. The maximum atomic E-state index is 6.45. The lowest BCUT2D eigenvalue weighted by atomic mass is 9.77. The smallest absolute Gasteiger partial charge is 0.259 e. The first-order valence-corrected chi connectivity index (χ1v) is 10.5. The van der Waals surface area contributed by atoms with Crippen LogP contribution in [0.3, 0.4) is 0 Å². The van der Waals surface area contributed by atoms with Crippen molar-refractivity contribution in [2.24, 2.45) is 5.73 Å². The van der Waals surface area contributed by atoms with Gasteiger partial charge in [0.2, 0.25) is 0 Å². The molecule has 4 aromatic rings. The summed E-state index contributed by atoms with van der Waals surface area (Å²) >= 11 is 0. The minimum atomic E-state index is -0.449. The Morgan fingerprint density at radius 3 is 2.65 bits per heavy atom. The predicted octanol–water partition coefficient (Wildman–Crippen LogP) is 5.51. The van der Waals surface area contributed by atoms with E-state index in [4.69, 9.17) is 24.6 Å². The van der Waals surface area contributed by atoms with Gasteiger partial charge in [-0.25, -0.2) is 4.98 Å². The molecule has 0 unspecified atom stereocenters. The van der Waals surface area contributed by atoms with Gasteiger partial charge < -0.3 is 14.7 Å². The minimum Gasteiger partial charge on any atom is -0.465 e. The third-order valence-corrected chi connectivity index (χ3v) is 6.36. The molecular formula is C24H23ClN4O2. The largest absolute Gasteiger partial charge is 0.465 e. The van der Waals surface area contributed by atoms with Gasteiger partial charge in [0.15, 0.2) is 5.82 Å². The minimum absolute atomic E-state index is 0. The van der Waals surface area contributed by atoms with E-state index in [1.165, 1.54) is 5.57 Å². The van der Waals surface area contributed by atoms with Crippen molar-refractivity contribution in [3.8, 4) is 11.5 Å². The zero-order chi connectivity index (χ0) is 20.1. The van der Waals surface area contributed by atoms with Crippen LogP contribution in [0.25, 0.3) is 34.0 Å². The van der Waals surface area contributed by atoms with Gasteiger partial charge in [0.1, 0.15) is 5.76 Å². The SMILES string of the molecule is Cl.NC1(c2noc(-c3c4c(nc5ccccc35)/C(=C\c3ccco3)CCC4)n2)CCC1. The Morgan fingerprint density at radius 2 is 1.87 bits per heavy atom. The fourth-order valence-electron chi connectivity index (χ4n) is 4.57. The number of hydrogen-bond donors (Lipinski definition) is 1. The van der Waals surface area contributed by atoms with E-state index in [2.05, 4.69) is 17.3 Å². The Balaban J connectivity index is 0.00000204. The lowest BCUT2D eigenvalue weighted by Crippen LogP contribution is -2.44. The Hall–Kier alpha value is -2.96. The number of para-hydroxylation sites is 1. The van der Waals surface area contributed by atoms with Crippen molar-refractivity contribution >= 4 is 35.0 Å². The molecule has 6 rings (SSSR count). The van der Waals surface area contributed by atoms with Crippen molar-refractivity contribution in [1.82, 2.24) is 15.1 Å². The third kappa shape index (κ3) is 3.27. The molecule has 0 aliphatic heterocycles. The summed E-state index contributed by atoms with van der Waals surface area (Å²) in [5.74, 6) is 1.99. The van der Waals surface area contributed by atoms with Crippen LogP contribution in [0.2, 0.25) is 0 Å². The molecular weight excluding hydrogens is 412 g/mol. The van der Waals surface area contributed by atoms with Gasteiger partial charge >= 0.3 is 0 Å². The van der Waals surface area contributed by atoms with Gasteiger partial charge in [0.25, 0.3) is 5.89 Å². The molecule has 6 nitrogen and oxygen atoms in total. The number of aromatic nitrogens is 3. The summed E-state index contributed by atoms with van der Waals surface area (Å²) in [5, 5.41) is 5.29. The topological polar surface area (TPSA) is 91.0 Å². The number of rotatable bonds is 3. The maximum Gasteiger partial charge on any atom is 0.259 e. The number of fused-ring (bicyclic) bond motifs is 2. The first kappa shape index (κ1) is 20.0. The molecule has 2 aliphatic carbocycles. The molecule has 3 heterocycles. The first-order chi connectivity index (χ1) is 14.7. The zero-order valence-corrected chi connectivity index (χ0v) is 17.8. The maximum absolute atomic E-state index is 6.45. The highest BCUT2D eigenvalue weighted by molar-refractivity contribution is 5.98. The molecule has 31 heavy (non-hydrogen) atoms. The van der Waals surface area contributed by atoms with Crippen LogP contribution in [-0.2, 0) is 12.0 Å². The Bertz CT molecular complexity index is 1270.